The van der Waals surface area contributed by atoms with Gasteiger partial charge in [0.1, 0.15) is 0 Å². The SMILES string of the molecule is CC#CCCC(N)C1CCC(CC)CC1. The molecule has 0 aromatic heterocycles. The molecule has 0 heterocycles. The van der Waals surface area contributed by atoms with Crippen LogP contribution in [0.3, 0.4) is 0 Å². The zero-order chi connectivity index (χ0) is 11.1. The van der Waals surface area contributed by atoms with Gasteiger partial charge in [0.15, 0.2) is 0 Å². The average Bonchev–Trinajstić information content (AvgIpc) is 2.29. The van der Waals surface area contributed by atoms with E-state index in [0.29, 0.717) is 6.04 Å². The maximum absolute atomic E-state index is 6.21. The van der Waals surface area contributed by atoms with Crippen LogP contribution in [-0.2, 0) is 0 Å². The molecule has 1 atom stereocenters. The first-order chi connectivity index (χ1) is 7.27. The van der Waals surface area contributed by atoms with E-state index in [-0.39, 0.29) is 0 Å². The Hall–Kier alpha value is -0.480. The van der Waals surface area contributed by atoms with E-state index in [2.05, 4.69) is 18.8 Å². The molecule has 1 aliphatic rings. The Bertz CT molecular complexity index is 215. The summed E-state index contributed by atoms with van der Waals surface area (Å²) in [6.45, 7) is 4.21. The lowest BCUT2D eigenvalue weighted by Gasteiger charge is -2.31. The molecule has 0 amide bonds. The molecule has 1 saturated carbocycles. The maximum Gasteiger partial charge on any atom is 0.0103 e. The van der Waals surface area contributed by atoms with Crippen LogP contribution in [0.15, 0.2) is 0 Å². The second-order valence-electron chi connectivity index (χ2n) is 4.82. The number of rotatable bonds is 4. The highest BCUT2D eigenvalue weighted by atomic mass is 14.6. The Labute approximate surface area is 94.8 Å². The summed E-state index contributed by atoms with van der Waals surface area (Å²) < 4.78 is 0. The molecule has 0 aromatic carbocycles. The number of hydrogen-bond donors (Lipinski definition) is 1. The topological polar surface area (TPSA) is 26.0 Å². The molecule has 0 bridgehead atoms. The van der Waals surface area contributed by atoms with Gasteiger partial charge >= 0.3 is 0 Å². The molecule has 86 valence electrons. The summed E-state index contributed by atoms with van der Waals surface area (Å²) in [7, 11) is 0. The van der Waals surface area contributed by atoms with Gasteiger partial charge in [-0.3, -0.25) is 0 Å². The third kappa shape index (κ3) is 4.26. The molecule has 1 unspecified atom stereocenters. The summed E-state index contributed by atoms with van der Waals surface area (Å²) in [5.74, 6) is 7.79. The van der Waals surface area contributed by atoms with E-state index in [1.54, 1.807) is 0 Å². The summed E-state index contributed by atoms with van der Waals surface area (Å²) in [6, 6.07) is 0.392. The molecule has 1 heteroatoms. The van der Waals surface area contributed by atoms with Crippen LogP contribution in [0.5, 0.6) is 0 Å². The molecule has 0 aliphatic heterocycles. The summed E-state index contributed by atoms with van der Waals surface area (Å²) in [6.07, 6.45) is 8.90. The highest BCUT2D eigenvalue weighted by Crippen LogP contribution is 2.32. The Morgan fingerprint density at radius 2 is 1.93 bits per heavy atom. The fourth-order valence-corrected chi connectivity index (χ4v) is 2.62. The molecule has 0 radical (unpaired) electrons. The van der Waals surface area contributed by atoms with Gasteiger partial charge in [0.25, 0.3) is 0 Å². The first-order valence-electron chi connectivity index (χ1n) is 6.43. The number of hydrogen-bond acceptors (Lipinski definition) is 1. The first kappa shape index (κ1) is 12.6. The minimum absolute atomic E-state index is 0.392. The molecule has 1 rings (SSSR count). The Kier molecular flexibility index (Phi) is 5.79. The highest BCUT2D eigenvalue weighted by Gasteiger charge is 2.24. The minimum Gasteiger partial charge on any atom is -0.327 e. The van der Waals surface area contributed by atoms with Crippen molar-refractivity contribution in [2.24, 2.45) is 17.6 Å². The Balaban J connectivity index is 2.22. The van der Waals surface area contributed by atoms with Crippen LogP contribution in [0.2, 0.25) is 0 Å². The summed E-state index contributed by atoms with van der Waals surface area (Å²) in [4.78, 5) is 0. The quantitative estimate of drug-likeness (QED) is 0.703. The van der Waals surface area contributed by atoms with Crippen molar-refractivity contribution in [3.8, 4) is 11.8 Å². The van der Waals surface area contributed by atoms with E-state index in [1.165, 1.54) is 32.1 Å². The number of nitrogens with two attached hydrogens (primary N) is 1. The molecular formula is C14H25N. The van der Waals surface area contributed by atoms with Crippen LogP contribution in [0, 0.1) is 23.7 Å². The van der Waals surface area contributed by atoms with Gasteiger partial charge in [-0.1, -0.05) is 26.2 Å². The molecule has 0 aromatic rings. The molecule has 1 nitrogen and oxygen atoms in total. The van der Waals surface area contributed by atoms with Gasteiger partial charge in [0, 0.05) is 12.5 Å². The van der Waals surface area contributed by atoms with Gasteiger partial charge in [-0.15, -0.1) is 11.8 Å². The average molecular weight is 207 g/mol. The van der Waals surface area contributed by atoms with Crippen molar-refractivity contribution in [1.29, 1.82) is 0 Å². The Morgan fingerprint density at radius 3 is 2.47 bits per heavy atom. The van der Waals surface area contributed by atoms with Crippen molar-refractivity contribution in [2.45, 2.75) is 64.8 Å². The second-order valence-corrected chi connectivity index (χ2v) is 4.82. The van der Waals surface area contributed by atoms with Crippen LogP contribution in [0.4, 0.5) is 0 Å². The highest BCUT2D eigenvalue weighted by molar-refractivity contribution is 4.96. The van der Waals surface area contributed by atoms with Crippen LogP contribution < -0.4 is 5.73 Å². The first-order valence-corrected chi connectivity index (χ1v) is 6.43. The summed E-state index contributed by atoms with van der Waals surface area (Å²) in [5, 5.41) is 0. The zero-order valence-electron chi connectivity index (χ0n) is 10.3. The standard InChI is InChI=1S/C14H25N/c1-3-5-6-7-14(15)13-10-8-12(4-2)9-11-13/h12-14H,4,6-11,15H2,1-2H3. The molecule has 0 spiro atoms. The predicted octanol–water partition coefficient (Wildman–Crippen LogP) is 3.33. The monoisotopic (exact) mass is 207 g/mol. The molecule has 0 saturated heterocycles. The van der Waals surface area contributed by atoms with E-state index in [4.69, 9.17) is 5.73 Å². The van der Waals surface area contributed by atoms with E-state index >= 15 is 0 Å². The van der Waals surface area contributed by atoms with E-state index in [1.807, 2.05) is 6.92 Å². The van der Waals surface area contributed by atoms with Crippen molar-refractivity contribution in [1.82, 2.24) is 0 Å². The van der Waals surface area contributed by atoms with Gasteiger partial charge in [-0.25, -0.2) is 0 Å². The fourth-order valence-electron chi connectivity index (χ4n) is 2.62. The lowest BCUT2D eigenvalue weighted by Crippen LogP contribution is -2.32. The van der Waals surface area contributed by atoms with Crippen molar-refractivity contribution < 1.29 is 0 Å². The maximum atomic E-state index is 6.21. The predicted molar refractivity (Wildman–Crippen MR) is 66.4 cm³/mol. The second kappa shape index (κ2) is 6.90. The van der Waals surface area contributed by atoms with Crippen molar-refractivity contribution in [3.05, 3.63) is 0 Å². The van der Waals surface area contributed by atoms with Crippen LogP contribution >= 0.6 is 0 Å². The van der Waals surface area contributed by atoms with Gasteiger partial charge in [0.2, 0.25) is 0 Å². The summed E-state index contributed by atoms with van der Waals surface area (Å²) >= 11 is 0. The van der Waals surface area contributed by atoms with Gasteiger partial charge in [-0.05, 0) is 38.0 Å². The van der Waals surface area contributed by atoms with E-state index < -0.39 is 0 Å². The third-order valence-corrected chi connectivity index (χ3v) is 3.85. The van der Waals surface area contributed by atoms with Crippen molar-refractivity contribution in [2.75, 3.05) is 0 Å². The third-order valence-electron chi connectivity index (χ3n) is 3.85. The lowest BCUT2D eigenvalue weighted by atomic mass is 9.77. The Morgan fingerprint density at radius 1 is 1.27 bits per heavy atom. The van der Waals surface area contributed by atoms with Gasteiger partial charge in [-0.2, -0.15) is 0 Å². The zero-order valence-corrected chi connectivity index (χ0v) is 10.3. The van der Waals surface area contributed by atoms with Gasteiger partial charge in [0.05, 0.1) is 0 Å². The van der Waals surface area contributed by atoms with Gasteiger partial charge < -0.3 is 5.73 Å². The summed E-state index contributed by atoms with van der Waals surface area (Å²) in [5.41, 5.74) is 6.21. The van der Waals surface area contributed by atoms with Crippen molar-refractivity contribution in [3.63, 3.8) is 0 Å². The smallest absolute Gasteiger partial charge is 0.0103 e. The molecule has 1 aliphatic carbocycles. The molecule has 2 N–H and O–H groups in total. The molecule has 15 heavy (non-hydrogen) atoms. The van der Waals surface area contributed by atoms with Crippen LogP contribution in [-0.4, -0.2) is 6.04 Å². The molecular weight excluding hydrogens is 182 g/mol. The van der Waals surface area contributed by atoms with E-state index in [0.717, 1.165) is 24.7 Å². The van der Waals surface area contributed by atoms with Crippen LogP contribution in [0.25, 0.3) is 0 Å². The minimum atomic E-state index is 0.392. The fraction of sp³-hybridized carbons (Fsp3) is 0.857. The van der Waals surface area contributed by atoms with E-state index in [9.17, 15) is 0 Å². The molecule has 1 fully saturated rings. The normalized spacial score (nSPS) is 27.9. The van der Waals surface area contributed by atoms with Crippen LogP contribution in [0.1, 0.15) is 58.8 Å². The lowest BCUT2D eigenvalue weighted by molar-refractivity contribution is 0.234. The van der Waals surface area contributed by atoms with Crippen molar-refractivity contribution >= 4 is 0 Å². The largest absolute Gasteiger partial charge is 0.327 e.